The lowest BCUT2D eigenvalue weighted by atomic mass is 9.84. The Morgan fingerprint density at radius 1 is 0.900 bits per heavy atom. The minimum Gasteiger partial charge on any atom is -0.289 e. The molecule has 5 rings (SSSR count). The average Bonchev–Trinajstić information content (AvgIpc) is 3.44. The van der Waals surface area contributed by atoms with Crippen molar-refractivity contribution < 1.29 is 9.59 Å². The van der Waals surface area contributed by atoms with E-state index < -0.39 is 0 Å². The first-order chi connectivity index (χ1) is 14.7. The summed E-state index contributed by atoms with van der Waals surface area (Å²) in [6.07, 6.45) is 3.12. The zero-order chi connectivity index (χ0) is 20.7. The second-order valence-corrected chi connectivity index (χ2v) is 8.40. The number of nitrogens with one attached hydrogen (secondary N) is 1. The monoisotopic (exact) mass is 434 g/mol. The summed E-state index contributed by atoms with van der Waals surface area (Å²) in [5, 5.41) is 12.1. The zero-order valence-electron chi connectivity index (χ0n) is 15.7. The number of nitrogens with zero attached hydrogens (tertiary/aromatic N) is 5. The minimum atomic E-state index is -0.187. The fraction of sp³-hybridized carbons (Fsp3) is 0.100. The Hall–Kier alpha value is -3.24. The molecule has 0 fully saturated rings. The minimum absolute atomic E-state index is 0.185. The highest BCUT2D eigenvalue weighted by atomic mass is 32.2. The van der Waals surface area contributed by atoms with E-state index in [1.165, 1.54) is 29.9 Å². The van der Waals surface area contributed by atoms with Gasteiger partial charge >= 0.3 is 0 Å². The van der Waals surface area contributed by atoms with E-state index >= 15 is 0 Å². The van der Waals surface area contributed by atoms with Crippen LogP contribution >= 0.6 is 23.5 Å². The topological polar surface area (TPSA) is 106 Å². The first-order valence-electron chi connectivity index (χ1n) is 9.12. The van der Waals surface area contributed by atoms with Gasteiger partial charge in [0, 0.05) is 38.6 Å². The third kappa shape index (κ3) is 3.14. The third-order valence-corrected chi connectivity index (χ3v) is 6.50. The summed E-state index contributed by atoms with van der Waals surface area (Å²) in [6.45, 7) is 2.68. The van der Waals surface area contributed by atoms with Crippen molar-refractivity contribution in [3.8, 4) is 0 Å². The number of aromatic nitrogens is 6. The van der Waals surface area contributed by atoms with E-state index in [2.05, 4.69) is 25.3 Å². The van der Waals surface area contributed by atoms with Crippen molar-refractivity contribution in [2.45, 2.75) is 33.6 Å². The molecule has 0 spiro atoms. The van der Waals surface area contributed by atoms with Crippen LogP contribution in [0.2, 0.25) is 0 Å². The summed E-state index contributed by atoms with van der Waals surface area (Å²) in [6, 6.07) is 10.5. The first-order valence-corrected chi connectivity index (χ1v) is 10.8. The summed E-state index contributed by atoms with van der Waals surface area (Å²) < 4.78 is 1.71. The first kappa shape index (κ1) is 18.8. The van der Waals surface area contributed by atoms with Crippen molar-refractivity contribution >= 4 is 35.1 Å². The molecule has 2 aromatic heterocycles. The highest BCUT2D eigenvalue weighted by Crippen LogP contribution is 2.39. The molecule has 1 N–H and O–H groups in total. The van der Waals surface area contributed by atoms with Crippen LogP contribution in [0.3, 0.4) is 0 Å². The Labute approximate surface area is 179 Å². The zero-order valence-corrected chi connectivity index (χ0v) is 17.3. The van der Waals surface area contributed by atoms with Gasteiger partial charge in [0.05, 0.1) is 0 Å². The molecule has 0 radical (unpaired) electrons. The molecule has 148 valence electrons. The van der Waals surface area contributed by atoms with E-state index in [-0.39, 0.29) is 11.6 Å². The van der Waals surface area contributed by atoms with Crippen LogP contribution in [0.15, 0.2) is 69.2 Å². The molecular formula is C20H14N6O2S2. The number of fused-ring (bicyclic) bond motifs is 2. The normalized spacial score (nSPS) is 12.7. The van der Waals surface area contributed by atoms with Crippen LogP contribution in [0.1, 0.15) is 38.8 Å². The van der Waals surface area contributed by atoms with Gasteiger partial charge in [-0.2, -0.15) is 0 Å². The van der Waals surface area contributed by atoms with Gasteiger partial charge in [-0.3, -0.25) is 19.4 Å². The third-order valence-electron chi connectivity index (χ3n) is 4.63. The molecule has 4 aromatic rings. The Kier molecular flexibility index (Phi) is 4.72. The van der Waals surface area contributed by atoms with Gasteiger partial charge in [-0.25, -0.2) is 9.97 Å². The smallest absolute Gasteiger partial charge is 0.213 e. The summed E-state index contributed by atoms with van der Waals surface area (Å²) in [5.74, 6) is -0.372. The quantitative estimate of drug-likeness (QED) is 0.448. The highest BCUT2D eigenvalue weighted by Gasteiger charge is 2.34. The Morgan fingerprint density at radius 2 is 1.53 bits per heavy atom. The predicted octanol–water partition coefficient (Wildman–Crippen LogP) is 3.49. The SMILES string of the molecule is CCn1cnc(Sc2cccc3c2C(=O)c2cccc(Sc4nc[nH]n4)c2C3=O)n1. The van der Waals surface area contributed by atoms with Gasteiger partial charge < -0.3 is 0 Å². The van der Waals surface area contributed by atoms with Gasteiger partial charge in [0.2, 0.25) is 10.3 Å². The number of benzene rings is 2. The molecule has 0 unspecified atom stereocenters. The van der Waals surface area contributed by atoms with Crippen LogP contribution in [-0.4, -0.2) is 41.5 Å². The standard InChI is InChI=1S/C20H14N6O2S2/c1-2-26-10-22-20(25-26)30-14-8-4-6-12-16(14)18(28)11-5-3-7-13(15(11)17(12)27)29-19-21-9-23-24-19/h3-10H,2H2,1H3,(H,21,23,24). The lowest BCUT2D eigenvalue weighted by molar-refractivity contribution is 0.0974. The summed E-state index contributed by atoms with van der Waals surface area (Å²) in [4.78, 5) is 36.5. The summed E-state index contributed by atoms with van der Waals surface area (Å²) >= 11 is 2.53. The van der Waals surface area contributed by atoms with E-state index in [0.29, 0.717) is 48.9 Å². The fourth-order valence-electron chi connectivity index (χ4n) is 3.27. The van der Waals surface area contributed by atoms with Crippen molar-refractivity contribution in [1.29, 1.82) is 0 Å². The molecule has 0 aliphatic heterocycles. The molecule has 30 heavy (non-hydrogen) atoms. The molecule has 2 aromatic carbocycles. The summed E-state index contributed by atoms with van der Waals surface area (Å²) in [5.41, 5.74) is 1.55. The number of ketones is 2. The van der Waals surface area contributed by atoms with Crippen LogP contribution in [-0.2, 0) is 6.54 Å². The van der Waals surface area contributed by atoms with Gasteiger partial charge in [0.1, 0.15) is 12.7 Å². The van der Waals surface area contributed by atoms with Crippen molar-refractivity contribution in [2.75, 3.05) is 0 Å². The maximum absolute atomic E-state index is 13.4. The molecule has 0 saturated carbocycles. The van der Waals surface area contributed by atoms with Gasteiger partial charge in [0.25, 0.3) is 0 Å². The van der Waals surface area contributed by atoms with Crippen LogP contribution in [0.4, 0.5) is 0 Å². The van der Waals surface area contributed by atoms with Crippen molar-refractivity contribution in [1.82, 2.24) is 29.9 Å². The largest absolute Gasteiger partial charge is 0.289 e. The lowest BCUT2D eigenvalue weighted by Crippen LogP contribution is -2.22. The number of rotatable bonds is 5. The van der Waals surface area contributed by atoms with Gasteiger partial charge in [-0.15, -0.1) is 10.2 Å². The molecular weight excluding hydrogens is 420 g/mol. The van der Waals surface area contributed by atoms with Crippen LogP contribution in [0.25, 0.3) is 0 Å². The Bertz CT molecular complexity index is 1280. The molecule has 0 saturated heterocycles. The van der Waals surface area contributed by atoms with E-state index in [0.717, 1.165) is 0 Å². The van der Waals surface area contributed by atoms with E-state index in [9.17, 15) is 9.59 Å². The molecule has 0 atom stereocenters. The van der Waals surface area contributed by atoms with Crippen LogP contribution < -0.4 is 0 Å². The van der Waals surface area contributed by atoms with Crippen molar-refractivity contribution in [2.24, 2.45) is 0 Å². The van der Waals surface area contributed by atoms with E-state index in [1.807, 2.05) is 13.0 Å². The van der Waals surface area contributed by atoms with E-state index in [1.54, 1.807) is 41.3 Å². The van der Waals surface area contributed by atoms with Gasteiger partial charge in [-0.1, -0.05) is 24.3 Å². The summed E-state index contributed by atoms with van der Waals surface area (Å²) in [7, 11) is 0. The maximum Gasteiger partial charge on any atom is 0.213 e. The maximum atomic E-state index is 13.4. The van der Waals surface area contributed by atoms with Crippen molar-refractivity contribution in [3.05, 3.63) is 71.3 Å². The number of hydrogen-bond donors (Lipinski definition) is 1. The second-order valence-electron chi connectivity index (χ2n) is 6.38. The lowest BCUT2D eigenvalue weighted by Gasteiger charge is -2.21. The highest BCUT2D eigenvalue weighted by molar-refractivity contribution is 7.99. The Morgan fingerprint density at radius 3 is 2.07 bits per heavy atom. The van der Waals surface area contributed by atoms with Crippen molar-refractivity contribution in [3.63, 3.8) is 0 Å². The molecule has 0 bridgehead atoms. The predicted molar refractivity (Wildman–Crippen MR) is 110 cm³/mol. The number of carbonyl (C=O) groups is 2. The Balaban J connectivity index is 1.58. The number of H-pyrrole nitrogens is 1. The second kappa shape index (κ2) is 7.54. The number of aryl methyl sites for hydroxylation is 1. The number of aromatic amines is 1. The fourth-order valence-corrected chi connectivity index (χ4v) is 5.01. The molecule has 10 heteroatoms. The average molecular weight is 435 g/mol. The number of carbonyl (C=O) groups excluding carboxylic acids is 2. The number of hydrogen-bond acceptors (Lipinski definition) is 8. The molecule has 0 amide bonds. The van der Waals surface area contributed by atoms with Gasteiger partial charge in [-0.05, 0) is 42.6 Å². The molecule has 1 aliphatic carbocycles. The van der Waals surface area contributed by atoms with Crippen LogP contribution in [0.5, 0.6) is 0 Å². The molecule has 1 aliphatic rings. The van der Waals surface area contributed by atoms with E-state index in [4.69, 9.17) is 0 Å². The molecule has 8 nitrogen and oxygen atoms in total. The van der Waals surface area contributed by atoms with Gasteiger partial charge in [0.15, 0.2) is 11.6 Å². The molecule has 2 heterocycles. The van der Waals surface area contributed by atoms with Crippen LogP contribution in [0, 0.1) is 0 Å².